The third-order valence-electron chi connectivity index (χ3n) is 2.89. The maximum atomic E-state index is 9.12. The fourth-order valence-electron chi connectivity index (χ4n) is 1.96. The van der Waals surface area contributed by atoms with Gasteiger partial charge in [0.05, 0.1) is 11.1 Å². The monoisotopic (exact) mass is 280 g/mol. The Kier molecular flexibility index (Phi) is 3.24. The topological polar surface area (TPSA) is 45.9 Å². The molecule has 0 atom stereocenters. The maximum Gasteiger partial charge on any atom is 0.146 e. The molecule has 3 rings (SSSR count). The molecule has 20 heavy (non-hydrogen) atoms. The van der Waals surface area contributed by atoms with Crippen LogP contribution in [0.25, 0.3) is 10.9 Å². The van der Waals surface area contributed by atoms with Gasteiger partial charge in [-0.1, -0.05) is 17.7 Å². The summed E-state index contributed by atoms with van der Waals surface area (Å²) >= 11 is 5.96. The molecule has 0 bridgehead atoms. The van der Waals surface area contributed by atoms with E-state index in [9.17, 15) is 0 Å². The number of pyridine rings is 1. The standard InChI is InChI=1S/C16H9ClN2O/c17-12-7-6-11(10-18)16(9-12)20-15-5-1-4-14-13(15)3-2-8-19-14/h1-9H. The molecule has 3 nitrogen and oxygen atoms in total. The van der Waals surface area contributed by atoms with Crippen molar-refractivity contribution < 1.29 is 4.74 Å². The van der Waals surface area contributed by atoms with Crippen LogP contribution in [-0.2, 0) is 0 Å². The number of ether oxygens (including phenoxy) is 1. The highest BCUT2D eigenvalue weighted by Gasteiger charge is 2.08. The van der Waals surface area contributed by atoms with E-state index in [-0.39, 0.29) is 0 Å². The minimum absolute atomic E-state index is 0.440. The van der Waals surface area contributed by atoms with Crippen molar-refractivity contribution >= 4 is 22.5 Å². The molecule has 0 spiro atoms. The normalized spacial score (nSPS) is 10.2. The van der Waals surface area contributed by atoms with Crippen molar-refractivity contribution in [3.05, 3.63) is 65.3 Å². The second kappa shape index (κ2) is 5.20. The lowest BCUT2D eigenvalue weighted by Crippen LogP contribution is -1.90. The van der Waals surface area contributed by atoms with Gasteiger partial charge in [-0.15, -0.1) is 0 Å². The first kappa shape index (κ1) is 12.5. The smallest absolute Gasteiger partial charge is 0.146 e. The van der Waals surface area contributed by atoms with Crippen LogP contribution in [-0.4, -0.2) is 4.98 Å². The van der Waals surface area contributed by atoms with Gasteiger partial charge in [-0.3, -0.25) is 4.98 Å². The van der Waals surface area contributed by atoms with Crippen molar-refractivity contribution in [2.45, 2.75) is 0 Å². The van der Waals surface area contributed by atoms with E-state index >= 15 is 0 Å². The Morgan fingerprint density at radius 1 is 1.05 bits per heavy atom. The van der Waals surface area contributed by atoms with E-state index in [0.717, 1.165) is 10.9 Å². The SMILES string of the molecule is N#Cc1ccc(Cl)cc1Oc1cccc2ncccc12. The third kappa shape index (κ3) is 2.29. The number of hydrogen-bond donors (Lipinski definition) is 0. The number of halogens is 1. The van der Waals surface area contributed by atoms with Crippen LogP contribution in [0.5, 0.6) is 11.5 Å². The molecule has 0 amide bonds. The Morgan fingerprint density at radius 3 is 2.80 bits per heavy atom. The van der Waals surface area contributed by atoms with Crippen molar-refractivity contribution in [3.8, 4) is 17.6 Å². The molecule has 0 saturated carbocycles. The lowest BCUT2D eigenvalue weighted by atomic mass is 10.2. The van der Waals surface area contributed by atoms with E-state index in [4.69, 9.17) is 21.6 Å². The summed E-state index contributed by atoms with van der Waals surface area (Å²) in [6, 6.07) is 16.4. The van der Waals surface area contributed by atoms with Crippen molar-refractivity contribution in [1.29, 1.82) is 5.26 Å². The van der Waals surface area contributed by atoms with Crippen molar-refractivity contribution in [2.75, 3.05) is 0 Å². The largest absolute Gasteiger partial charge is 0.455 e. The zero-order valence-corrected chi connectivity index (χ0v) is 11.1. The van der Waals surface area contributed by atoms with Crippen LogP contribution in [0.2, 0.25) is 5.02 Å². The predicted octanol–water partition coefficient (Wildman–Crippen LogP) is 4.55. The fraction of sp³-hybridized carbons (Fsp3) is 0. The summed E-state index contributed by atoms with van der Waals surface area (Å²) in [4.78, 5) is 4.27. The third-order valence-corrected chi connectivity index (χ3v) is 3.12. The minimum atomic E-state index is 0.440. The van der Waals surface area contributed by atoms with E-state index in [1.54, 1.807) is 24.4 Å². The molecule has 0 aliphatic heterocycles. The summed E-state index contributed by atoms with van der Waals surface area (Å²) in [5, 5.41) is 10.5. The molecule has 0 saturated heterocycles. The van der Waals surface area contributed by atoms with E-state index in [1.165, 1.54) is 0 Å². The molecule has 0 fully saturated rings. The van der Waals surface area contributed by atoms with E-state index in [1.807, 2.05) is 30.3 Å². The summed E-state index contributed by atoms with van der Waals surface area (Å²) in [5.41, 5.74) is 1.28. The highest BCUT2D eigenvalue weighted by Crippen LogP contribution is 2.32. The van der Waals surface area contributed by atoms with Gasteiger partial charge in [-0.2, -0.15) is 5.26 Å². The molecule has 0 unspecified atom stereocenters. The Labute approximate surface area is 121 Å². The van der Waals surface area contributed by atoms with Gasteiger partial charge in [0.2, 0.25) is 0 Å². The Hall–Kier alpha value is -2.57. The zero-order chi connectivity index (χ0) is 13.9. The summed E-state index contributed by atoms with van der Waals surface area (Å²) < 4.78 is 5.85. The number of fused-ring (bicyclic) bond motifs is 1. The highest BCUT2D eigenvalue weighted by atomic mass is 35.5. The maximum absolute atomic E-state index is 9.12. The van der Waals surface area contributed by atoms with Crippen LogP contribution in [0.3, 0.4) is 0 Å². The Balaban J connectivity index is 2.10. The van der Waals surface area contributed by atoms with Gasteiger partial charge in [-0.05, 0) is 36.4 Å². The average Bonchev–Trinajstić information content (AvgIpc) is 2.48. The summed E-state index contributed by atoms with van der Waals surface area (Å²) in [6.07, 6.45) is 1.73. The summed E-state index contributed by atoms with van der Waals surface area (Å²) in [5.74, 6) is 1.09. The molecular weight excluding hydrogens is 272 g/mol. The number of hydrogen-bond acceptors (Lipinski definition) is 3. The second-order valence-corrected chi connectivity index (χ2v) is 4.62. The molecule has 1 heterocycles. The zero-order valence-electron chi connectivity index (χ0n) is 10.4. The van der Waals surface area contributed by atoms with Gasteiger partial charge in [0.15, 0.2) is 0 Å². The number of nitriles is 1. The molecule has 0 radical (unpaired) electrons. The first-order valence-corrected chi connectivity index (χ1v) is 6.37. The van der Waals surface area contributed by atoms with Crippen LogP contribution in [0.15, 0.2) is 54.7 Å². The molecule has 0 N–H and O–H groups in total. The van der Waals surface area contributed by atoms with Gasteiger partial charge in [-0.25, -0.2) is 0 Å². The van der Waals surface area contributed by atoms with E-state index in [0.29, 0.717) is 22.1 Å². The van der Waals surface area contributed by atoms with Crippen LogP contribution < -0.4 is 4.74 Å². The number of nitrogens with zero attached hydrogens (tertiary/aromatic N) is 2. The summed E-state index contributed by atoms with van der Waals surface area (Å²) in [6.45, 7) is 0. The van der Waals surface area contributed by atoms with Gasteiger partial charge in [0.25, 0.3) is 0 Å². The van der Waals surface area contributed by atoms with Crippen molar-refractivity contribution in [2.24, 2.45) is 0 Å². The summed E-state index contributed by atoms with van der Waals surface area (Å²) in [7, 11) is 0. The van der Waals surface area contributed by atoms with Crippen molar-refractivity contribution in [1.82, 2.24) is 4.98 Å². The van der Waals surface area contributed by atoms with Gasteiger partial charge >= 0.3 is 0 Å². The molecule has 0 aliphatic carbocycles. The van der Waals surface area contributed by atoms with Gasteiger partial charge in [0.1, 0.15) is 17.6 Å². The Bertz CT molecular complexity index is 819. The van der Waals surface area contributed by atoms with E-state index in [2.05, 4.69) is 11.1 Å². The van der Waals surface area contributed by atoms with E-state index < -0.39 is 0 Å². The first-order valence-electron chi connectivity index (χ1n) is 5.99. The number of rotatable bonds is 2. The fourth-order valence-corrected chi connectivity index (χ4v) is 2.12. The molecule has 96 valence electrons. The molecule has 1 aromatic heterocycles. The van der Waals surface area contributed by atoms with Crippen molar-refractivity contribution in [3.63, 3.8) is 0 Å². The van der Waals surface area contributed by atoms with Gasteiger partial charge in [0, 0.05) is 22.7 Å². The minimum Gasteiger partial charge on any atom is -0.455 e. The highest BCUT2D eigenvalue weighted by molar-refractivity contribution is 6.30. The predicted molar refractivity (Wildman–Crippen MR) is 78.0 cm³/mol. The lowest BCUT2D eigenvalue weighted by molar-refractivity contribution is 0.486. The van der Waals surface area contributed by atoms with Crippen LogP contribution in [0, 0.1) is 11.3 Å². The quantitative estimate of drug-likeness (QED) is 0.691. The average molecular weight is 281 g/mol. The number of benzene rings is 2. The van der Waals surface area contributed by atoms with Crippen LogP contribution in [0.1, 0.15) is 5.56 Å². The first-order chi connectivity index (χ1) is 9.78. The lowest BCUT2D eigenvalue weighted by Gasteiger charge is -2.10. The van der Waals surface area contributed by atoms with Crippen LogP contribution >= 0.6 is 11.6 Å². The second-order valence-electron chi connectivity index (χ2n) is 4.18. The molecule has 3 aromatic rings. The molecule has 2 aromatic carbocycles. The molecular formula is C16H9ClN2O. The van der Waals surface area contributed by atoms with Crippen LogP contribution in [0.4, 0.5) is 0 Å². The number of aromatic nitrogens is 1. The molecule has 0 aliphatic rings. The van der Waals surface area contributed by atoms with Gasteiger partial charge < -0.3 is 4.74 Å². The molecule has 4 heteroatoms. The Morgan fingerprint density at radius 2 is 1.95 bits per heavy atom.